The number of hydrogen-bond acceptors (Lipinski definition) is 4. The van der Waals surface area contributed by atoms with Crippen LogP contribution in [0.3, 0.4) is 0 Å². The van der Waals surface area contributed by atoms with Crippen molar-refractivity contribution in [3.63, 3.8) is 0 Å². The van der Waals surface area contributed by atoms with Crippen molar-refractivity contribution in [3.05, 3.63) is 35.4 Å². The van der Waals surface area contributed by atoms with Crippen molar-refractivity contribution in [2.75, 3.05) is 12.0 Å². The van der Waals surface area contributed by atoms with Crippen LogP contribution in [-0.2, 0) is 4.74 Å². The SMILES string of the molecule is CSCC[C@@H](NC(=O)OC(C)(C)C)c1ccc(C#N)cc1. The molecule has 114 valence electrons. The topological polar surface area (TPSA) is 62.1 Å². The molecular formula is C16H22N2O2S. The third kappa shape index (κ3) is 6.54. The molecule has 0 unspecified atom stereocenters. The molecule has 0 aromatic heterocycles. The van der Waals surface area contributed by atoms with Gasteiger partial charge < -0.3 is 10.1 Å². The Morgan fingerprint density at radius 1 is 1.38 bits per heavy atom. The van der Waals surface area contributed by atoms with E-state index >= 15 is 0 Å². The lowest BCUT2D eigenvalue weighted by Gasteiger charge is -2.24. The van der Waals surface area contributed by atoms with Gasteiger partial charge in [0.05, 0.1) is 17.7 Å². The fraction of sp³-hybridized carbons (Fsp3) is 0.500. The Balaban J connectivity index is 2.79. The summed E-state index contributed by atoms with van der Waals surface area (Å²) >= 11 is 1.73. The number of thioether (sulfide) groups is 1. The molecule has 21 heavy (non-hydrogen) atoms. The van der Waals surface area contributed by atoms with Crippen LogP contribution in [0.5, 0.6) is 0 Å². The van der Waals surface area contributed by atoms with Crippen LogP contribution in [0.25, 0.3) is 0 Å². The van der Waals surface area contributed by atoms with Crippen LogP contribution >= 0.6 is 11.8 Å². The van der Waals surface area contributed by atoms with Crippen LogP contribution in [0.15, 0.2) is 24.3 Å². The highest BCUT2D eigenvalue weighted by Crippen LogP contribution is 2.20. The minimum Gasteiger partial charge on any atom is -0.444 e. The molecule has 1 atom stereocenters. The van der Waals surface area contributed by atoms with Gasteiger partial charge in [0.2, 0.25) is 0 Å². The van der Waals surface area contributed by atoms with E-state index in [2.05, 4.69) is 11.4 Å². The van der Waals surface area contributed by atoms with Crippen molar-refractivity contribution < 1.29 is 9.53 Å². The molecule has 1 aromatic rings. The minimum absolute atomic E-state index is 0.111. The molecule has 0 bridgehead atoms. The Kier molecular flexibility index (Phi) is 6.57. The molecule has 5 heteroatoms. The van der Waals surface area contributed by atoms with Crippen molar-refractivity contribution in [2.45, 2.75) is 38.8 Å². The van der Waals surface area contributed by atoms with Gasteiger partial charge in [0.25, 0.3) is 0 Å². The van der Waals surface area contributed by atoms with E-state index in [1.54, 1.807) is 23.9 Å². The van der Waals surface area contributed by atoms with E-state index in [9.17, 15) is 4.79 Å². The summed E-state index contributed by atoms with van der Waals surface area (Å²) in [7, 11) is 0. The van der Waals surface area contributed by atoms with Crippen molar-refractivity contribution in [3.8, 4) is 6.07 Å². The number of hydrogen-bond donors (Lipinski definition) is 1. The van der Waals surface area contributed by atoms with Crippen molar-refractivity contribution >= 4 is 17.9 Å². The minimum atomic E-state index is -0.515. The van der Waals surface area contributed by atoms with Gasteiger partial charge in [-0.15, -0.1) is 0 Å². The number of benzene rings is 1. The van der Waals surface area contributed by atoms with Gasteiger partial charge in [-0.1, -0.05) is 12.1 Å². The monoisotopic (exact) mass is 306 g/mol. The number of nitriles is 1. The largest absolute Gasteiger partial charge is 0.444 e. The van der Waals surface area contributed by atoms with E-state index in [4.69, 9.17) is 10.00 Å². The fourth-order valence-electron chi connectivity index (χ4n) is 1.80. The lowest BCUT2D eigenvalue weighted by molar-refractivity contribution is 0.0502. The Hall–Kier alpha value is -1.67. The lowest BCUT2D eigenvalue weighted by atomic mass is 10.0. The number of carbonyl (C=O) groups excluding carboxylic acids is 1. The fourth-order valence-corrected chi connectivity index (χ4v) is 2.27. The maximum Gasteiger partial charge on any atom is 0.408 e. The average molecular weight is 306 g/mol. The zero-order valence-electron chi connectivity index (χ0n) is 13.0. The first-order chi connectivity index (χ1) is 9.85. The van der Waals surface area contributed by atoms with Crippen LogP contribution in [0, 0.1) is 11.3 Å². The van der Waals surface area contributed by atoms with Gasteiger partial charge in [-0.25, -0.2) is 4.79 Å². The predicted octanol–water partition coefficient (Wildman–Crippen LogP) is 3.88. The summed E-state index contributed by atoms with van der Waals surface area (Å²) < 4.78 is 5.31. The Morgan fingerprint density at radius 2 is 2.00 bits per heavy atom. The van der Waals surface area contributed by atoms with E-state index in [1.807, 2.05) is 39.2 Å². The van der Waals surface area contributed by atoms with Crippen LogP contribution < -0.4 is 5.32 Å². The Labute approximate surface area is 130 Å². The predicted molar refractivity (Wildman–Crippen MR) is 86.3 cm³/mol. The Bertz CT molecular complexity index is 500. The molecule has 0 aliphatic rings. The molecule has 1 N–H and O–H groups in total. The molecule has 0 saturated heterocycles. The van der Waals surface area contributed by atoms with Crippen LogP contribution in [0.4, 0.5) is 4.79 Å². The molecule has 1 amide bonds. The van der Waals surface area contributed by atoms with Crippen molar-refractivity contribution in [2.24, 2.45) is 0 Å². The molecule has 0 saturated carbocycles. The average Bonchev–Trinajstić information content (AvgIpc) is 2.41. The van der Waals surface area contributed by atoms with Gasteiger partial charge in [-0.2, -0.15) is 17.0 Å². The molecule has 0 heterocycles. The molecule has 0 spiro atoms. The molecule has 4 nitrogen and oxygen atoms in total. The molecular weight excluding hydrogens is 284 g/mol. The maximum absolute atomic E-state index is 11.9. The molecule has 1 rings (SSSR count). The van der Waals surface area contributed by atoms with Crippen LogP contribution in [0.2, 0.25) is 0 Å². The summed E-state index contributed by atoms with van der Waals surface area (Å²) in [4.78, 5) is 11.9. The number of nitrogens with one attached hydrogen (secondary N) is 1. The second-order valence-corrected chi connectivity index (χ2v) is 6.70. The lowest BCUT2D eigenvalue weighted by Crippen LogP contribution is -2.35. The smallest absolute Gasteiger partial charge is 0.408 e. The zero-order chi connectivity index (χ0) is 15.9. The van der Waals surface area contributed by atoms with Crippen molar-refractivity contribution in [1.29, 1.82) is 5.26 Å². The highest BCUT2D eigenvalue weighted by molar-refractivity contribution is 7.98. The number of alkyl carbamates (subject to hydrolysis) is 1. The normalized spacial score (nSPS) is 12.3. The summed E-state index contributed by atoms with van der Waals surface area (Å²) in [6.07, 6.45) is 2.42. The van der Waals surface area contributed by atoms with E-state index in [-0.39, 0.29) is 6.04 Å². The number of nitrogens with zero attached hydrogens (tertiary/aromatic N) is 1. The molecule has 0 radical (unpaired) electrons. The standard InChI is InChI=1S/C16H22N2O2S/c1-16(2,3)20-15(19)18-14(9-10-21-4)13-7-5-12(11-17)6-8-13/h5-8,14H,9-10H2,1-4H3,(H,18,19)/t14-/m1/s1. The number of carbonyl (C=O) groups is 1. The maximum atomic E-state index is 11.9. The molecule has 0 fully saturated rings. The van der Waals surface area contributed by atoms with Gasteiger partial charge in [0.1, 0.15) is 5.60 Å². The molecule has 1 aromatic carbocycles. The van der Waals surface area contributed by atoms with E-state index < -0.39 is 11.7 Å². The number of ether oxygens (including phenoxy) is 1. The van der Waals surface area contributed by atoms with Gasteiger partial charge in [-0.3, -0.25) is 0 Å². The summed E-state index contributed by atoms with van der Waals surface area (Å²) in [6, 6.07) is 9.26. The van der Waals surface area contributed by atoms with Gasteiger partial charge in [0, 0.05) is 0 Å². The summed E-state index contributed by atoms with van der Waals surface area (Å²) in [5.41, 5.74) is 1.08. The first-order valence-corrected chi connectivity index (χ1v) is 8.23. The third-order valence-corrected chi connectivity index (χ3v) is 3.39. The zero-order valence-corrected chi connectivity index (χ0v) is 13.8. The summed E-state index contributed by atoms with van der Waals surface area (Å²) in [6.45, 7) is 5.52. The number of amides is 1. The van der Waals surface area contributed by atoms with E-state index in [0.29, 0.717) is 5.56 Å². The van der Waals surface area contributed by atoms with Gasteiger partial charge in [-0.05, 0) is 56.9 Å². The highest BCUT2D eigenvalue weighted by Gasteiger charge is 2.20. The first-order valence-electron chi connectivity index (χ1n) is 6.84. The third-order valence-electron chi connectivity index (χ3n) is 2.74. The quantitative estimate of drug-likeness (QED) is 0.896. The number of rotatable bonds is 5. The second kappa shape index (κ2) is 7.94. The van der Waals surface area contributed by atoms with Crippen LogP contribution in [0.1, 0.15) is 44.4 Å². The molecule has 0 aliphatic heterocycles. The highest BCUT2D eigenvalue weighted by atomic mass is 32.2. The summed E-state index contributed by atoms with van der Waals surface area (Å²) in [5.74, 6) is 0.931. The van der Waals surface area contributed by atoms with E-state index in [0.717, 1.165) is 17.7 Å². The second-order valence-electron chi connectivity index (χ2n) is 5.71. The van der Waals surface area contributed by atoms with Crippen LogP contribution in [-0.4, -0.2) is 23.7 Å². The van der Waals surface area contributed by atoms with E-state index in [1.165, 1.54) is 0 Å². The molecule has 0 aliphatic carbocycles. The first kappa shape index (κ1) is 17.4. The Morgan fingerprint density at radius 3 is 2.48 bits per heavy atom. The van der Waals surface area contributed by atoms with Gasteiger partial charge in [0.15, 0.2) is 0 Å². The summed E-state index contributed by atoms with van der Waals surface area (Å²) in [5, 5.41) is 11.7. The van der Waals surface area contributed by atoms with Crippen molar-refractivity contribution in [1.82, 2.24) is 5.32 Å². The van der Waals surface area contributed by atoms with Gasteiger partial charge >= 0.3 is 6.09 Å².